The van der Waals surface area contributed by atoms with E-state index in [0.717, 1.165) is 12.8 Å². The number of anilines is 1. The van der Waals surface area contributed by atoms with Crippen LogP contribution in [0.4, 0.5) is 5.82 Å². The van der Waals surface area contributed by atoms with Gasteiger partial charge in [-0.15, -0.1) is 0 Å². The maximum Gasteiger partial charge on any atom is 0.256 e. The van der Waals surface area contributed by atoms with Crippen LogP contribution in [0.2, 0.25) is 0 Å². The van der Waals surface area contributed by atoms with Crippen LogP contribution in [0.15, 0.2) is 0 Å². The van der Waals surface area contributed by atoms with Gasteiger partial charge in [-0.05, 0) is 25.7 Å². The van der Waals surface area contributed by atoms with Crippen molar-refractivity contribution in [3.63, 3.8) is 0 Å². The van der Waals surface area contributed by atoms with Crippen molar-refractivity contribution in [1.82, 2.24) is 15.5 Å². The molecule has 0 bridgehead atoms. The SMILES string of the molecule is CNC(=O)c1c(NC(=O)CC2CC2)n[nH]c1C. The Labute approximate surface area is 99.2 Å². The van der Waals surface area contributed by atoms with E-state index in [1.165, 1.54) is 0 Å². The molecule has 1 aliphatic rings. The van der Waals surface area contributed by atoms with Crippen molar-refractivity contribution in [2.24, 2.45) is 5.92 Å². The molecule has 92 valence electrons. The molecule has 0 saturated heterocycles. The molecule has 1 saturated carbocycles. The zero-order chi connectivity index (χ0) is 12.4. The fourth-order valence-corrected chi connectivity index (χ4v) is 1.69. The van der Waals surface area contributed by atoms with Crippen LogP contribution in [0.1, 0.15) is 35.3 Å². The van der Waals surface area contributed by atoms with Crippen molar-refractivity contribution in [1.29, 1.82) is 0 Å². The van der Waals surface area contributed by atoms with Crippen LogP contribution >= 0.6 is 0 Å². The number of aryl methyl sites for hydroxylation is 1. The molecule has 2 rings (SSSR count). The summed E-state index contributed by atoms with van der Waals surface area (Å²) in [5.41, 5.74) is 1.04. The van der Waals surface area contributed by atoms with E-state index >= 15 is 0 Å². The topological polar surface area (TPSA) is 86.9 Å². The normalized spacial score (nSPS) is 14.5. The zero-order valence-electron chi connectivity index (χ0n) is 9.96. The third kappa shape index (κ3) is 2.64. The van der Waals surface area contributed by atoms with E-state index in [1.54, 1.807) is 14.0 Å². The van der Waals surface area contributed by atoms with E-state index in [4.69, 9.17) is 0 Å². The van der Waals surface area contributed by atoms with Crippen LogP contribution in [0.5, 0.6) is 0 Å². The lowest BCUT2D eigenvalue weighted by molar-refractivity contribution is -0.116. The molecule has 6 nitrogen and oxygen atoms in total. The molecule has 0 aromatic carbocycles. The molecule has 0 aliphatic heterocycles. The van der Waals surface area contributed by atoms with Gasteiger partial charge in [0.25, 0.3) is 5.91 Å². The molecule has 0 atom stereocenters. The van der Waals surface area contributed by atoms with Gasteiger partial charge in [-0.3, -0.25) is 14.7 Å². The van der Waals surface area contributed by atoms with Crippen molar-refractivity contribution < 1.29 is 9.59 Å². The third-order valence-electron chi connectivity index (χ3n) is 2.83. The maximum absolute atomic E-state index is 11.6. The fraction of sp³-hybridized carbons (Fsp3) is 0.545. The van der Waals surface area contributed by atoms with Crippen LogP contribution in [0.3, 0.4) is 0 Å². The van der Waals surface area contributed by atoms with Crippen molar-refractivity contribution in [3.8, 4) is 0 Å². The molecular weight excluding hydrogens is 220 g/mol. The number of aromatic amines is 1. The quantitative estimate of drug-likeness (QED) is 0.723. The molecule has 6 heteroatoms. The van der Waals surface area contributed by atoms with Crippen molar-refractivity contribution in [3.05, 3.63) is 11.3 Å². The Hall–Kier alpha value is -1.85. The molecule has 17 heavy (non-hydrogen) atoms. The van der Waals surface area contributed by atoms with Gasteiger partial charge in [0.1, 0.15) is 5.56 Å². The predicted molar refractivity (Wildman–Crippen MR) is 62.7 cm³/mol. The minimum Gasteiger partial charge on any atom is -0.355 e. The van der Waals surface area contributed by atoms with Gasteiger partial charge >= 0.3 is 0 Å². The van der Waals surface area contributed by atoms with Gasteiger partial charge in [0.15, 0.2) is 5.82 Å². The number of carbonyl (C=O) groups is 2. The second-order valence-electron chi connectivity index (χ2n) is 4.35. The monoisotopic (exact) mass is 236 g/mol. The summed E-state index contributed by atoms with van der Waals surface area (Å²) >= 11 is 0. The molecule has 3 N–H and O–H groups in total. The molecule has 1 heterocycles. The lowest BCUT2D eigenvalue weighted by Gasteiger charge is -2.04. The Bertz CT molecular complexity index is 448. The third-order valence-corrected chi connectivity index (χ3v) is 2.83. The van der Waals surface area contributed by atoms with E-state index < -0.39 is 0 Å². The Kier molecular flexibility index (Phi) is 3.12. The number of H-pyrrole nitrogens is 1. The minimum atomic E-state index is -0.252. The Balaban J connectivity index is 2.09. The summed E-state index contributed by atoms with van der Waals surface area (Å²) in [5.74, 6) is 0.494. The molecule has 1 aliphatic carbocycles. The molecular formula is C11H16N4O2. The molecule has 2 amide bonds. The smallest absolute Gasteiger partial charge is 0.256 e. The highest BCUT2D eigenvalue weighted by Crippen LogP contribution is 2.32. The highest BCUT2D eigenvalue weighted by atomic mass is 16.2. The van der Waals surface area contributed by atoms with Crippen LogP contribution in [0.25, 0.3) is 0 Å². The van der Waals surface area contributed by atoms with Gasteiger partial charge < -0.3 is 10.6 Å². The van der Waals surface area contributed by atoms with Gasteiger partial charge in [0.05, 0.1) is 0 Å². The number of hydrogen-bond acceptors (Lipinski definition) is 3. The molecule has 1 aromatic heterocycles. The van der Waals surface area contributed by atoms with Crippen molar-refractivity contribution >= 4 is 17.6 Å². The second kappa shape index (κ2) is 4.57. The summed E-state index contributed by atoms with van der Waals surface area (Å²) in [7, 11) is 1.55. The number of rotatable bonds is 4. The van der Waals surface area contributed by atoms with Gasteiger partial charge in [0.2, 0.25) is 5.91 Å². The first kappa shape index (κ1) is 11.6. The lowest BCUT2D eigenvalue weighted by Crippen LogP contribution is -2.21. The molecule has 0 unspecified atom stereocenters. The Morgan fingerprint density at radius 2 is 2.18 bits per heavy atom. The Morgan fingerprint density at radius 1 is 1.47 bits per heavy atom. The molecule has 0 spiro atoms. The second-order valence-corrected chi connectivity index (χ2v) is 4.35. The van der Waals surface area contributed by atoms with Crippen molar-refractivity contribution in [2.75, 3.05) is 12.4 Å². The average Bonchev–Trinajstić information content (AvgIpc) is 3.02. The summed E-state index contributed by atoms with van der Waals surface area (Å²) in [6.07, 6.45) is 2.75. The fourth-order valence-electron chi connectivity index (χ4n) is 1.69. The summed E-state index contributed by atoms with van der Waals surface area (Å²) < 4.78 is 0. The van der Waals surface area contributed by atoms with Crippen LogP contribution < -0.4 is 10.6 Å². The summed E-state index contributed by atoms with van der Waals surface area (Å²) in [6, 6.07) is 0. The Morgan fingerprint density at radius 3 is 2.76 bits per heavy atom. The van der Waals surface area contributed by atoms with E-state index in [9.17, 15) is 9.59 Å². The van der Waals surface area contributed by atoms with E-state index in [-0.39, 0.29) is 11.8 Å². The van der Waals surface area contributed by atoms with E-state index in [2.05, 4.69) is 20.8 Å². The highest BCUT2D eigenvalue weighted by Gasteiger charge is 2.26. The predicted octanol–water partition coefficient (Wildman–Crippen LogP) is 0.816. The maximum atomic E-state index is 11.6. The first-order valence-corrected chi connectivity index (χ1v) is 5.68. The molecule has 1 aromatic rings. The van der Waals surface area contributed by atoms with Crippen molar-refractivity contribution in [2.45, 2.75) is 26.2 Å². The first-order chi connectivity index (χ1) is 8.11. The van der Waals surface area contributed by atoms with Gasteiger partial charge in [-0.1, -0.05) is 0 Å². The standard InChI is InChI=1S/C11H16N4O2/c1-6-9(11(17)12-2)10(15-14-6)13-8(16)5-7-3-4-7/h7H,3-5H2,1-2H3,(H,12,17)(H2,13,14,15,16). The summed E-state index contributed by atoms with van der Waals surface area (Å²) in [5, 5.41) is 11.8. The molecule has 0 radical (unpaired) electrons. The van der Waals surface area contributed by atoms with E-state index in [1.807, 2.05) is 0 Å². The summed E-state index contributed by atoms with van der Waals surface area (Å²) in [6.45, 7) is 1.74. The first-order valence-electron chi connectivity index (χ1n) is 5.68. The number of amides is 2. The number of nitrogens with one attached hydrogen (secondary N) is 3. The number of carbonyl (C=O) groups excluding carboxylic acids is 2. The highest BCUT2D eigenvalue weighted by molar-refractivity contribution is 6.03. The van der Waals surface area contributed by atoms with Crippen LogP contribution in [-0.2, 0) is 4.79 Å². The largest absolute Gasteiger partial charge is 0.355 e. The zero-order valence-corrected chi connectivity index (χ0v) is 9.96. The number of hydrogen-bond donors (Lipinski definition) is 3. The minimum absolute atomic E-state index is 0.0795. The van der Waals surface area contributed by atoms with Gasteiger partial charge in [0, 0.05) is 19.2 Å². The van der Waals surface area contributed by atoms with Gasteiger partial charge in [-0.2, -0.15) is 5.10 Å². The summed E-state index contributed by atoms with van der Waals surface area (Å²) in [4.78, 5) is 23.2. The number of nitrogens with zero attached hydrogens (tertiary/aromatic N) is 1. The lowest BCUT2D eigenvalue weighted by atomic mass is 10.2. The van der Waals surface area contributed by atoms with E-state index in [0.29, 0.717) is 29.4 Å². The van der Waals surface area contributed by atoms with Gasteiger partial charge in [-0.25, -0.2) is 0 Å². The van der Waals surface area contributed by atoms with Crippen LogP contribution in [-0.4, -0.2) is 29.1 Å². The van der Waals surface area contributed by atoms with Crippen LogP contribution in [0, 0.1) is 12.8 Å². The average molecular weight is 236 g/mol. The molecule has 1 fully saturated rings. The number of aromatic nitrogens is 2.